The minimum Gasteiger partial charge on any atom is -0.463 e. The van der Waals surface area contributed by atoms with E-state index in [1.165, 1.54) is 6.08 Å². The van der Waals surface area contributed by atoms with Gasteiger partial charge < -0.3 is 9.26 Å². The first kappa shape index (κ1) is 22.9. The van der Waals surface area contributed by atoms with Gasteiger partial charge in [0.15, 0.2) is 0 Å². The molecular formula is C20H27O6P. The van der Waals surface area contributed by atoms with Crippen molar-refractivity contribution in [3.05, 3.63) is 65.8 Å². The molecule has 0 spiro atoms. The lowest BCUT2D eigenvalue weighted by atomic mass is 10.1. The molecule has 0 heterocycles. The molecule has 0 amide bonds. The Bertz CT molecular complexity index is 726. The van der Waals surface area contributed by atoms with E-state index >= 15 is 0 Å². The van der Waals surface area contributed by atoms with Crippen molar-refractivity contribution < 1.29 is 27.7 Å². The van der Waals surface area contributed by atoms with Gasteiger partial charge >= 0.3 is 13.8 Å². The topological polar surface area (TPSA) is 71.1 Å². The van der Waals surface area contributed by atoms with Gasteiger partial charge in [-0.25, -0.2) is 9.36 Å². The summed E-state index contributed by atoms with van der Waals surface area (Å²) >= 11 is 0. The van der Waals surface area contributed by atoms with E-state index < -0.39 is 13.8 Å². The van der Waals surface area contributed by atoms with Crippen molar-refractivity contribution in [1.82, 2.24) is 0 Å². The van der Waals surface area contributed by atoms with Crippen LogP contribution in [0.25, 0.3) is 5.76 Å². The summed E-state index contributed by atoms with van der Waals surface area (Å²) in [7, 11) is -3.82. The summed E-state index contributed by atoms with van der Waals surface area (Å²) in [6.45, 7) is 11.3. The predicted octanol–water partition coefficient (Wildman–Crippen LogP) is 5.29. The van der Waals surface area contributed by atoms with Crippen LogP contribution in [0.2, 0.25) is 0 Å². The third kappa shape index (κ3) is 7.95. The summed E-state index contributed by atoms with van der Waals surface area (Å²) in [5, 5.41) is 0. The maximum atomic E-state index is 12.8. The number of carbonyl (C=O) groups is 1. The summed E-state index contributed by atoms with van der Waals surface area (Å²) in [4.78, 5) is 11.9. The molecule has 7 heteroatoms. The first-order chi connectivity index (χ1) is 12.8. The van der Waals surface area contributed by atoms with Crippen LogP contribution in [0.5, 0.6) is 0 Å². The van der Waals surface area contributed by atoms with Crippen molar-refractivity contribution >= 4 is 19.6 Å². The molecule has 0 atom stereocenters. The summed E-state index contributed by atoms with van der Waals surface area (Å²) in [6, 6.07) is 9.05. The first-order valence-corrected chi connectivity index (χ1v) is 10.2. The Balaban J connectivity index is 3.39. The maximum absolute atomic E-state index is 12.8. The molecule has 0 aliphatic rings. The zero-order valence-corrected chi connectivity index (χ0v) is 17.2. The van der Waals surface area contributed by atoms with Crippen molar-refractivity contribution in [2.24, 2.45) is 0 Å². The molecule has 0 fully saturated rings. The molecule has 27 heavy (non-hydrogen) atoms. The zero-order chi connectivity index (χ0) is 20.3. The van der Waals surface area contributed by atoms with Gasteiger partial charge in [0.25, 0.3) is 0 Å². The Labute approximate surface area is 161 Å². The SMILES string of the molecule is C=C(C)C(/C=C(\OP(=O)(OCC)OCC)c1ccccc1)=C/C(=O)OCC. The normalized spacial score (nSPS) is 12.6. The standard InChI is InChI=1S/C20H27O6P/c1-6-23-20(21)15-18(16(4)5)14-19(17-12-10-9-11-13-17)26-27(22,24-7-2)25-8-3/h9-15H,4,6-8H2,1-3,5H3/b18-15+,19-14-. The van der Waals surface area contributed by atoms with E-state index in [4.69, 9.17) is 18.3 Å². The van der Waals surface area contributed by atoms with E-state index in [0.29, 0.717) is 16.7 Å². The molecule has 0 aliphatic heterocycles. The Morgan fingerprint density at radius 1 is 1.04 bits per heavy atom. The van der Waals surface area contributed by atoms with E-state index in [0.717, 1.165) is 0 Å². The van der Waals surface area contributed by atoms with E-state index in [1.807, 2.05) is 18.2 Å². The minimum atomic E-state index is -3.82. The molecule has 0 aliphatic carbocycles. The monoisotopic (exact) mass is 394 g/mol. The van der Waals surface area contributed by atoms with Crippen LogP contribution in [0.15, 0.2) is 60.2 Å². The third-order valence-electron chi connectivity index (χ3n) is 3.18. The number of phosphoric acid groups is 1. The Hall–Kier alpha value is -2.14. The molecule has 1 aromatic rings. The van der Waals surface area contributed by atoms with Crippen LogP contribution in [-0.4, -0.2) is 25.8 Å². The molecule has 0 unspecified atom stereocenters. The van der Waals surface area contributed by atoms with Crippen LogP contribution >= 0.6 is 7.82 Å². The molecule has 0 radical (unpaired) electrons. The number of rotatable bonds is 11. The second-order valence-electron chi connectivity index (χ2n) is 5.38. The number of phosphoric ester groups is 1. The van der Waals surface area contributed by atoms with E-state index in [1.54, 1.807) is 45.9 Å². The van der Waals surface area contributed by atoms with Crippen molar-refractivity contribution in [2.75, 3.05) is 19.8 Å². The molecule has 0 saturated heterocycles. The average Bonchev–Trinajstić information content (AvgIpc) is 2.61. The fourth-order valence-corrected chi connectivity index (χ4v) is 3.24. The number of hydrogen-bond donors (Lipinski definition) is 0. The van der Waals surface area contributed by atoms with Gasteiger partial charge in [0.1, 0.15) is 5.76 Å². The highest BCUT2D eigenvalue weighted by atomic mass is 31.2. The maximum Gasteiger partial charge on any atom is 0.530 e. The third-order valence-corrected chi connectivity index (χ3v) is 4.75. The largest absolute Gasteiger partial charge is 0.530 e. The van der Waals surface area contributed by atoms with Crippen LogP contribution in [0.3, 0.4) is 0 Å². The highest BCUT2D eigenvalue weighted by Gasteiger charge is 2.29. The molecule has 148 valence electrons. The van der Waals surface area contributed by atoms with E-state index in [9.17, 15) is 9.36 Å². The number of ether oxygens (including phenoxy) is 1. The van der Waals surface area contributed by atoms with Crippen molar-refractivity contribution in [2.45, 2.75) is 27.7 Å². The molecule has 0 saturated carbocycles. The van der Waals surface area contributed by atoms with Gasteiger partial charge in [0.2, 0.25) is 0 Å². The van der Waals surface area contributed by atoms with Crippen LogP contribution in [-0.2, 0) is 27.7 Å². The predicted molar refractivity (Wildman–Crippen MR) is 106 cm³/mol. The second-order valence-corrected chi connectivity index (χ2v) is 6.97. The Morgan fingerprint density at radius 3 is 2.11 bits per heavy atom. The van der Waals surface area contributed by atoms with Gasteiger partial charge in [-0.1, -0.05) is 42.5 Å². The summed E-state index contributed by atoms with van der Waals surface area (Å²) in [5.41, 5.74) is 1.74. The summed E-state index contributed by atoms with van der Waals surface area (Å²) in [5.74, 6) is -0.267. The molecule has 1 rings (SSSR count). The lowest BCUT2D eigenvalue weighted by Crippen LogP contribution is -2.03. The van der Waals surface area contributed by atoms with Crippen LogP contribution in [0.1, 0.15) is 33.3 Å². The quantitative estimate of drug-likeness (QED) is 0.167. The van der Waals surface area contributed by atoms with Gasteiger partial charge in [-0.2, -0.15) is 0 Å². The van der Waals surface area contributed by atoms with E-state index in [-0.39, 0.29) is 25.6 Å². The molecule has 0 N–H and O–H groups in total. The number of benzene rings is 1. The smallest absolute Gasteiger partial charge is 0.463 e. The van der Waals surface area contributed by atoms with Crippen LogP contribution < -0.4 is 0 Å². The number of allylic oxidation sites excluding steroid dienone is 3. The van der Waals surface area contributed by atoms with Gasteiger partial charge in [-0.15, -0.1) is 0 Å². The van der Waals surface area contributed by atoms with Crippen molar-refractivity contribution in [1.29, 1.82) is 0 Å². The highest BCUT2D eigenvalue weighted by molar-refractivity contribution is 7.48. The molecule has 0 aromatic heterocycles. The lowest BCUT2D eigenvalue weighted by molar-refractivity contribution is -0.137. The lowest BCUT2D eigenvalue weighted by Gasteiger charge is -2.19. The molecule has 0 bridgehead atoms. The summed E-state index contributed by atoms with van der Waals surface area (Å²) < 4.78 is 33.9. The van der Waals surface area contributed by atoms with Crippen LogP contribution in [0.4, 0.5) is 0 Å². The number of esters is 1. The van der Waals surface area contributed by atoms with Gasteiger partial charge in [0.05, 0.1) is 19.8 Å². The van der Waals surface area contributed by atoms with Crippen molar-refractivity contribution in [3.8, 4) is 0 Å². The van der Waals surface area contributed by atoms with Crippen molar-refractivity contribution in [3.63, 3.8) is 0 Å². The zero-order valence-electron chi connectivity index (χ0n) is 16.3. The first-order valence-electron chi connectivity index (χ1n) is 8.75. The Kier molecular flexibility index (Phi) is 9.79. The number of hydrogen-bond acceptors (Lipinski definition) is 6. The van der Waals surface area contributed by atoms with Gasteiger partial charge in [0, 0.05) is 11.6 Å². The molecule has 6 nitrogen and oxygen atoms in total. The fraction of sp³-hybridized carbons (Fsp3) is 0.350. The molecule has 1 aromatic carbocycles. The second kappa shape index (κ2) is 11.5. The highest BCUT2D eigenvalue weighted by Crippen LogP contribution is 2.53. The van der Waals surface area contributed by atoms with Gasteiger partial charge in [-0.3, -0.25) is 9.05 Å². The van der Waals surface area contributed by atoms with Crippen LogP contribution in [0, 0.1) is 0 Å². The fourth-order valence-electron chi connectivity index (χ4n) is 2.03. The summed E-state index contributed by atoms with van der Waals surface area (Å²) in [6.07, 6.45) is 2.88. The Morgan fingerprint density at radius 2 is 1.63 bits per heavy atom. The minimum absolute atomic E-state index is 0.158. The van der Waals surface area contributed by atoms with E-state index in [2.05, 4.69) is 6.58 Å². The van der Waals surface area contributed by atoms with Gasteiger partial charge in [-0.05, 0) is 39.3 Å². The average molecular weight is 394 g/mol. The molecular weight excluding hydrogens is 367 g/mol. The number of carbonyl (C=O) groups excluding carboxylic acids is 1.